The molecular formula is C10H18N4. The highest BCUT2D eigenvalue weighted by Gasteiger charge is 2.19. The lowest BCUT2D eigenvalue weighted by Gasteiger charge is -2.12. The van der Waals surface area contributed by atoms with E-state index in [1.165, 1.54) is 18.7 Å². The molecule has 0 spiro atoms. The van der Waals surface area contributed by atoms with Gasteiger partial charge in [-0.3, -0.25) is 4.68 Å². The van der Waals surface area contributed by atoms with E-state index in [9.17, 15) is 0 Å². The third-order valence-electron chi connectivity index (χ3n) is 2.76. The summed E-state index contributed by atoms with van der Waals surface area (Å²) >= 11 is 0. The van der Waals surface area contributed by atoms with Crippen molar-refractivity contribution in [3.05, 3.63) is 11.9 Å². The van der Waals surface area contributed by atoms with E-state index in [1.807, 2.05) is 24.9 Å². The number of likely N-dealkylation sites (tertiary alicyclic amines) is 1. The predicted octanol–water partition coefficient (Wildman–Crippen LogP) is 0.845. The molecule has 4 heteroatoms. The largest absolute Gasteiger partial charge is 0.378 e. The first-order chi connectivity index (χ1) is 6.65. The number of anilines is 1. The predicted molar refractivity (Wildman–Crippen MR) is 57.5 cm³/mol. The lowest BCUT2D eigenvalue weighted by atomic mass is 10.2. The van der Waals surface area contributed by atoms with Gasteiger partial charge in [-0.15, -0.1) is 0 Å². The van der Waals surface area contributed by atoms with E-state index in [2.05, 4.69) is 22.4 Å². The summed E-state index contributed by atoms with van der Waals surface area (Å²) in [5.41, 5.74) is 2.26. The Bertz CT molecular complexity index is 318. The molecule has 2 heterocycles. The third-order valence-corrected chi connectivity index (χ3v) is 2.76. The fourth-order valence-electron chi connectivity index (χ4n) is 2.01. The van der Waals surface area contributed by atoms with Gasteiger partial charge >= 0.3 is 0 Å². The van der Waals surface area contributed by atoms with E-state index in [0.29, 0.717) is 6.04 Å². The molecule has 0 aromatic carbocycles. The minimum atomic E-state index is 0.586. The van der Waals surface area contributed by atoms with Crippen LogP contribution in [0.3, 0.4) is 0 Å². The van der Waals surface area contributed by atoms with Crippen molar-refractivity contribution in [3.8, 4) is 0 Å². The van der Waals surface area contributed by atoms with Crippen molar-refractivity contribution in [1.82, 2.24) is 14.7 Å². The number of likely N-dealkylation sites (N-methyl/N-ethyl adjacent to an activating group) is 1. The van der Waals surface area contributed by atoms with E-state index in [4.69, 9.17) is 0 Å². The number of rotatable bonds is 2. The summed E-state index contributed by atoms with van der Waals surface area (Å²) < 4.78 is 1.86. The quantitative estimate of drug-likeness (QED) is 0.757. The molecule has 1 aromatic heterocycles. The van der Waals surface area contributed by atoms with Gasteiger partial charge in [-0.1, -0.05) is 0 Å². The molecule has 0 aliphatic carbocycles. The molecular weight excluding hydrogens is 176 g/mol. The average Bonchev–Trinajstić information content (AvgIpc) is 2.61. The molecule has 0 saturated carbocycles. The molecule has 2 rings (SSSR count). The molecule has 1 atom stereocenters. The first-order valence-corrected chi connectivity index (χ1v) is 5.10. The maximum atomic E-state index is 4.31. The van der Waals surface area contributed by atoms with Gasteiger partial charge in [-0.2, -0.15) is 5.10 Å². The van der Waals surface area contributed by atoms with Crippen molar-refractivity contribution in [1.29, 1.82) is 0 Å². The number of aromatic nitrogens is 2. The first kappa shape index (κ1) is 9.52. The van der Waals surface area contributed by atoms with E-state index >= 15 is 0 Å². The van der Waals surface area contributed by atoms with Crippen LogP contribution in [0.15, 0.2) is 6.20 Å². The van der Waals surface area contributed by atoms with Crippen molar-refractivity contribution in [3.63, 3.8) is 0 Å². The van der Waals surface area contributed by atoms with Crippen LogP contribution < -0.4 is 5.32 Å². The molecule has 1 saturated heterocycles. The zero-order chi connectivity index (χ0) is 10.1. The first-order valence-electron chi connectivity index (χ1n) is 5.10. The highest BCUT2D eigenvalue weighted by molar-refractivity contribution is 5.46. The van der Waals surface area contributed by atoms with Gasteiger partial charge in [-0.25, -0.2) is 0 Å². The van der Waals surface area contributed by atoms with Gasteiger partial charge in [0.05, 0.1) is 11.4 Å². The summed E-state index contributed by atoms with van der Waals surface area (Å²) in [5.74, 6) is 0. The summed E-state index contributed by atoms with van der Waals surface area (Å²) in [7, 11) is 4.12. The van der Waals surface area contributed by atoms with Crippen LogP contribution in [0, 0.1) is 6.92 Å². The molecule has 1 unspecified atom stereocenters. The third kappa shape index (κ3) is 1.90. The van der Waals surface area contributed by atoms with Gasteiger partial charge in [0.1, 0.15) is 0 Å². The second kappa shape index (κ2) is 3.61. The number of hydrogen-bond donors (Lipinski definition) is 1. The topological polar surface area (TPSA) is 33.1 Å². The van der Waals surface area contributed by atoms with Crippen LogP contribution in [-0.2, 0) is 7.05 Å². The Morgan fingerprint density at radius 3 is 2.79 bits per heavy atom. The van der Waals surface area contributed by atoms with Crippen molar-refractivity contribution in [2.75, 3.05) is 25.5 Å². The zero-order valence-electron chi connectivity index (χ0n) is 9.12. The van der Waals surface area contributed by atoms with E-state index < -0.39 is 0 Å². The van der Waals surface area contributed by atoms with Crippen LogP contribution in [0.4, 0.5) is 5.69 Å². The van der Waals surface area contributed by atoms with Crippen LogP contribution in [0.5, 0.6) is 0 Å². The minimum absolute atomic E-state index is 0.586. The van der Waals surface area contributed by atoms with Gasteiger partial charge in [0.25, 0.3) is 0 Å². The van der Waals surface area contributed by atoms with Crippen LogP contribution >= 0.6 is 0 Å². The summed E-state index contributed by atoms with van der Waals surface area (Å²) in [4.78, 5) is 2.35. The fraction of sp³-hybridized carbons (Fsp3) is 0.700. The number of nitrogens with one attached hydrogen (secondary N) is 1. The highest BCUT2D eigenvalue weighted by atomic mass is 15.3. The highest BCUT2D eigenvalue weighted by Crippen LogP contribution is 2.17. The summed E-state index contributed by atoms with van der Waals surface area (Å²) in [6.07, 6.45) is 3.28. The fourth-order valence-corrected chi connectivity index (χ4v) is 2.01. The molecule has 4 nitrogen and oxygen atoms in total. The lowest BCUT2D eigenvalue weighted by Crippen LogP contribution is -2.23. The van der Waals surface area contributed by atoms with E-state index in [0.717, 1.165) is 12.2 Å². The Kier molecular flexibility index (Phi) is 2.46. The second-order valence-corrected chi connectivity index (χ2v) is 4.19. The van der Waals surface area contributed by atoms with E-state index in [-0.39, 0.29) is 0 Å². The zero-order valence-corrected chi connectivity index (χ0v) is 9.12. The van der Waals surface area contributed by atoms with Crippen LogP contribution in [0.2, 0.25) is 0 Å². The molecule has 1 aliphatic rings. The van der Waals surface area contributed by atoms with Crippen molar-refractivity contribution in [2.24, 2.45) is 7.05 Å². The Morgan fingerprint density at radius 2 is 2.29 bits per heavy atom. The maximum Gasteiger partial charge on any atom is 0.0825 e. The van der Waals surface area contributed by atoms with E-state index in [1.54, 1.807) is 0 Å². The van der Waals surface area contributed by atoms with Crippen molar-refractivity contribution >= 4 is 5.69 Å². The van der Waals surface area contributed by atoms with Gasteiger partial charge < -0.3 is 10.2 Å². The number of hydrogen-bond acceptors (Lipinski definition) is 3. The second-order valence-electron chi connectivity index (χ2n) is 4.19. The summed E-state index contributed by atoms with van der Waals surface area (Å²) in [5, 5.41) is 7.85. The Labute approximate surface area is 84.9 Å². The smallest absolute Gasteiger partial charge is 0.0825 e. The SMILES string of the molecule is Cc1nn(C)cc1NC1CCN(C)C1. The molecule has 0 radical (unpaired) electrons. The van der Waals surface area contributed by atoms with Crippen molar-refractivity contribution in [2.45, 2.75) is 19.4 Å². The molecule has 1 aliphatic heterocycles. The Balaban J connectivity index is 2.00. The van der Waals surface area contributed by atoms with Crippen LogP contribution in [0.1, 0.15) is 12.1 Å². The van der Waals surface area contributed by atoms with Crippen LogP contribution in [-0.4, -0.2) is 40.9 Å². The number of nitrogens with zero attached hydrogens (tertiary/aromatic N) is 3. The average molecular weight is 194 g/mol. The minimum Gasteiger partial charge on any atom is -0.378 e. The maximum absolute atomic E-state index is 4.31. The molecule has 0 amide bonds. The monoisotopic (exact) mass is 194 g/mol. The Hall–Kier alpha value is -1.03. The van der Waals surface area contributed by atoms with Gasteiger partial charge in [0, 0.05) is 25.8 Å². The summed E-state index contributed by atoms with van der Waals surface area (Å²) in [6, 6.07) is 0.586. The van der Waals surface area contributed by atoms with Gasteiger partial charge in [0.2, 0.25) is 0 Å². The molecule has 78 valence electrons. The Morgan fingerprint density at radius 1 is 1.50 bits per heavy atom. The molecule has 1 fully saturated rings. The molecule has 1 N–H and O–H groups in total. The van der Waals surface area contributed by atoms with Gasteiger partial charge in [0.15, 0.2) is 0 Å². The van der Waals surface area contributed by atoms with Crippen LogP contribution in [0.25, 0.3) is 0 Å². The van der Waals surface area contributed by atoms with Crippen molar-refractivity contribution < 1.29 is 0 Å². The normalized spacial score (nSPS) is 22.9. The van der Waals surface area contributed by atoms with Gasteiger partial charge in [-0.05, 0) is 26.9 Å². The molecule has 1 aromatic rings. The molecule has 14 heavy (non-hydrogen) atoms. The number of aryl methyl sites for hydroxylation is 2. The lowest BCUT2D eigenvalue weighted by molar-refractivity contribution is 0.414. The molecule has 0 bridgehead atoms. The summed E-state index contributed by atoms with van der Waals surface area (Å²) in [6.45, 7) is 4.37. The standard InChI is InChI=1S/C10H18N4/c1-8-10(7-14(3)12-8)11-9-4-5-13(2)6-9/h7,9,11H,4-6H2,1-3H3.